The number of esters is 1. The summed E-state index contributed by atoms with van der Waals surface area (Å²) in [6, 6.07) is 12.4. The third-order valence-electron chi connectivity index (χ3n) is 7.30. The summed E-state index contributed by atoms with van der Waals surface area (Å²) < 4.78 is 16.6. The van der Waals surface area contributed by atoms with Crippen LogP contribution >= 0.6 is 0 Å². The van der Waals surface area contributed by atoms with Crippen molar-refractivity contribution in [2.24, 2.45) is 5.92 Å². The first-order valence-corrected chi connectivity index (χ1v) is 15.8. The van der Waals surface area contributed by atoms with Gasteiger partial charge in [0.15, 0.2) is 6.10 Å². The molecular formula is C35H49N3O8. The first-order valence-electron chi connectivity index (χ1n) is 15.8. The minimum absolute atomic E-state index is 0.104. The summed E-state index contributed by atoms with van der Waals surface area (Å²) in [4.78, 5) is 53.8. The van der Waals surface area contributed by atoms with Crippen LogP contribution in [0.25, 0.3) is 0 Å². The molecule has 0 saturated carbocycles. The second-order valence-electron chi connectivity index (χ2n) is 13.5. The van der Waals surface area contributed by atoms with Gasteiger partial charge < -0.3 is 34.9 Å². The molecule has 3 rings (SSSR count). The van der Waals surface area contributed by atoms with E-state index in [1.54, 1.807) is 74.2 Å². The second-order valence-corrected chi connectivity index (χ2v) is 13.5. The fraction of sp³-hybridized carbons (Fsp3) is 0.543. The van der Waals surface area contributed by atoms with E-state index >= 15 is 0 Å². The molecule has 2 aromatic carbocycles. The minimum Gasteiger partial charge on any atom is -0.508 e. The van der Waals surface area contributed by atoms with Gasteiger partial charge in [-0.15, -0.1) is 0 Å². The molecule has 252 valence electrons. The normalized spacial score (nSPS) is 15.4. The Bertz CT molecular complexity index is 1320. The monoisotopic (exact) mass is 639 g/mol. The van der Waals surface area contributed by atoms with Gasteiger partial charge >= 0.3 is 12.1 Å². The number of piperidine rings is 1. The van der Waals surface area contributed by atoms with E-state index in [2.05, 4.69) is 10.6 Å². The lowest BCUT2D eigenvalue weighted by Gasteiger charge is -2.37. The smallest absolute Gasteiger partial charge is 0.407 e. The Morgan fingerprint density at radius 1 is 0.870 bits per heavy atom. The van der Waals surface area contributed by atoms with Crippen molar-refractivity contribution in [1.82, 2.24) is 15.5 Å². The number of benzene rings is 2. The quantitative estimate of drug-likeness (QED) is 0.299. The highest BCUT2D eigenvalue weighted by Gasteiger charge is 2.37. The Kier molecular flexibility index (Phi) is 12.6. The fourth-order valence-electron chi connectivity index (χ4n) is 5.15. The molecule has 3 amide bonds. The van der Waals surface area contributed by atoms with Crippen molar-refractivity contribution in [2.45, 2.75) is 97.6 Å². The SMILES string of the molecule is CCOC(C(=O)OC(C)(C)C)C1CCN(C(=O)C(Cc2ccc(O)cc2)NC(=O)c2ccc(CNC(=O)OC(C)(C)C)cc2)CC1. The zero-order chi connectivity index (χ0) is 34.1. The van der Waals surface area contributed by atoms with Gasteiger partial charge in [0.25, 0.3) is 5.91 Å². The lowest BCUT2D eigenvalue weighted by atomic mass is 9.90. The molecule has 0 radical (unpaired) electrons. The van der Waals surface area contributed by atoms with Crippen LogP contribution in [0.15, 0.2) is 48.5 Å². The Labute approximate surface area is 272 Å². The van der Waals surface area contributed by atoms with Crippen LogP contribution in [0.3, 0.4) is 0 Å². The molecule has 2 atom stereocenters. The van der Waals surface area contributed by atoms with Crippen LogP contribution in [0, 0.1) is 5.92 Å². The number of ether oxygens (including phenoxy) is 3. The number of hydrogen-bond donors (Lipinski definition) is 3. The molecule has 1 aliphatic rings. The van der Waals surface area contributed by atoms with Gasteiger partial charge in [0.1, 0.15) is 23.0 Å². The van der Waals surface area contributed by atoms with Crippen molar-refractivity contribution in [3.63, 3.8) is 0 Å². The highest BCUT2D eigenvalue weighted by atomic mass is 16.6. The van der Waals surface area contributed by atoms with Gasteiger partial charge in [-0.3, -0.25) is 9.59 Å². The molecule has 1 aliphatic heterocycles. The number of carbonyl (C=O) groups is 4. The molecule has 0 aliphatic carbocycles. The number of nitrogens with zero attached hydrogens (tertiary/aromatic N) is 1. The minimum atomic E-state index is -0.865. The van der Waals surface area contributed by atoms with Gasteiger partial charge in [0.2, 0.25) is 5.91 Å². The van der Waals surface area contributed by atoms with E-state index in [1.807, 2.05) is 27.7 Å². The van der Waals surface area contributed by atoms with Crippen molar-refractivity contribution in [3.05, 3.63) is 65.2 Å². The standard InChI is InChI=1S/C35H49N3O8/c1-8-44-29(32(42)45-34(2,3)4)25-17-19-38(20-18-25)31(41)28(21-23-11-15-27(39)16-12-23)37-30(40)26-13-9-24(10-14-26)22-36-33(43)46-35(5,6)7/h9-16,25,28-29,39H,8,17-22H2,1-7H3,(H,36,43)(H,37,40). The number of phenols is 1. The van der Waals surface area contributed by atoms with Crippen LogP contribution in [0.1, 0.15) is 82.8 Å². The largest absolute Gasteiger partial charge is 0.508 e. The molecule has 11 heteroatoms. The lowest BCUT2D eigenvalue weighted by Crippen LogP contribution is -2.53. The maximum atomic E-state index is 13.8. The van der Waals surface area contributed by atoms with Gasteiger partial charge in [-0.2, -0.15) is 0 Å². The van der Waals surface area contributed by atoms with Crippen LogP contribution in [0.2, 0.25) is 0 Å². The molecule has 1 heterocycles. The molecule has 2 aromatic rings. The van der Waals surface area contributed by atoms with E-state index in [-0.39, 0.29) is 30.5 Å². The number of aromatic hydroxyl groups is 1. The summed E-state index contributed by atoms with van der Waals surface area (Å²) in [6.07, 6.45) is 0.0774. The van der Waals surface area contributed by atoms with Crippen molar-refractivity contribution >= 4 is 23.9 Å². The van der Waals surface area contributed by atoms with Gasteiger partial charge in [-0.1, -0.05) is 24.3 Å². The summed E-state index contributed by atoms with van der Waals surface area (Å²) in [5, 5.41) is 15.3. The number of carbonyl (C=O) groups excluding carboxylic acids is 4. The number of hydrogen-bond acceptors (Lipinski definition) is 8. The molecule has 1 fully saturated rings. The van der Waals surface area contributed by atoms with Gasteiger partial charge in [-0.05, 0) is 103 Å². The molecule has 46 heavy (non-hydrogen) atoms. The third kappa shape index (κ3) is 11.7. The molecule has 2 unspecified atom stereocenters. The highest BCUT2D eigenvalue weighted by molar-refractivity contribution is 5.97. The molecule has 0 bridgehead atoms. The fourth-order valence-corrected chi connectivity index (χ4v) is 5.15. The number of nitrogens with one attached hydrogen (secondary N) is 2. The summed E-state index contributed by atoms with van der Waals surface area (Å²) in [5.74, 6) is -1.05. The van der Waals surface area contributed by atoms with Crippen LogP contribution < -0.4 is 10.6 Å². The topological polar surface area (TPSA) is 144 Å². The number of alkyl carbamates (subject to hydrolysis) is 1. The first kappa shape index (κ1) is 36.3. The summed E-state index contributed by atoms with van der Waals surface area (Å²) in [6.45, 7) is 14.0. The van der Waals surface area contributed by atoms with Gasteiger partial charge in [-0.25, -0.2) is 9.59 Å². The first-order chi connectivity index (χ1) is 21.5. The predicted molar refractivity (Wildman–Crippen MR) is 173 cm³/mol. The van der Waals surface area contributed by atoms with Gasteiger partial charge in [0.05, 0.1) is 0 Å². The Hall–Kier alpha value is -4.12. The van der Waals surface area contributed by atoms with Crippen molar-refractivity contribution in [3.8, 4) is 5.75 Å². The summed E-state index contributed by atoms with van der Waals surface area (Å²) >= 11 is 0. The summed E-state index contributed by atoms with van der Waals surface area (Å²) in [7, 11) is 0. The zero-order valence-electron chi connectivity index (χ0n) is 28.1. The predicted octanol–water partition coefficient (Wildman–Crippen LogP) is 4.74. The van der Waals surface area contributed by atoms with E-state index in [0.717, 1.165) is 11.1 Å². The van der Waals surface area contributed by atoms with E-state index in [9.17, 15) is 24.3 Å². The average molecular weight is 640 g/mol. The number of phenolic OH excluding ortho intramolecular Hbond substituents is 1. The molecule has 1 saturated heterocycles. The van der Waals surface area contributed by atoms with Gasteiger partial charge in [0, 0.05) is 38.2 Å². The van der Waals surface area contributed by atoms with Crippen LogP contribution in [0.5, 0.6) is 5.75 Å². The average Bonchev–Trinajstić information content (AvgIpc) is 2.98. The zero-order valence-corrected chi connectivity index (χ0v) is 28.1. The molecule has 0 spiro atoms. The van der Waals surface area contributed by atoms with Crippen LogP contribution in [0.4, 0.5) is 4.79 Å². The Morgan fingerprint density at radius 2 is 1.43 bits per heavy atom. The molecule has 11 nitrogen and oxygen atoms in total. The summed E-state index contributed by atoms with van der Waals surface area (Å²) in [5.41, 5.74) is 0.664. The number of amides is 3. The van der Waals surface area contributed by atoms with E-state index in [1.165, 1.54) is 0 Å². The third-order valence-corrected chi connectivity index (χ3v) is 7.30. The lowest BCUT2D eigenvalue weighted by molar-refractivity contribution is -0.173. The highest BCUT2D eigenvalue weighted by Crippen LogP contribution is 2.26. The molecule has 3 N–H and O–H groups in total. The molecule has 0 aromatic heterocycles. The van der Waals surface area contributed by atoms with Crippen LogP contribution in [-0.2, 0) is 36.8 Å². The number of rotatable bonds is 11. The maximum absolute atomic E-state index is 13.8. The van der Waals surface area contributed by atoms with E-state index in [4.69, 9.17) is 14.2 Å². The number of likely N-dealkylation sites (tertiary alicyclic amines) is 1. The van der Waals surface area contributed by atoms with E-state index < -0.39 is 41.3 Å². The van der Waals surface area contributed by atoms with Crippen molar-refractivity contribution in [1.29, 1.82) is 0 Å². The second kappa shape index (κ2) is 15.9. The Morgan fingerprint density at radius 3 is 1.98 bits per heavy atom. The van der Waals surface area contributed by atoms with Crippen molar-refractivity contribution in [2.75, 3.05) is 19.7 Å². The van der Waals surface area contributed by atoms with E-state index in [0.29, 0.717) is 38.1 Å². The Balaban J connectivity index is 1.68. The van der Waals surface area contributed by atoms with Crippen LogP contribution in [-0.4, -0.2) is 76.9 Å². The van der Waals surface area contributed by atoms with Crippen molar-refractivity contribution < 1.29 is 38.5 Å². The molecular weight excluding hydrogens is 590 g/mol. The maximum Gasteiger partial charge on any atom is 0.407 e.